The Labute approximate surface area is 29.9 Å². The Morgan fingerprint density at radius 2 is 2.00 bits per heavy atom. The van der Waals surface area contributed by atoms with Crippen LogP contribution < -0.4 is 0 Å². The van der Waals surface area contributed by atoms with Crippen molar-refractivity contribution in [2.45, 2.75) is 0 Å². The maximum absolute atomic E-state index is 2.14. The standard InChI is InChI=1S/C3H4S/c1-2-4-3-1/h1-2H,3H2. The molecule has 0 saturated heterocycles. The first-order chi connectivity index (χ1) is 2.00. The maximum atomic E-state index is 2.14. The van der Waals surface area contributed by atoms with Crippen LogP contribution in [0.25, 0.3) is 0 Å². The number of thioether (sulfide) groups is 1. The number of rotatable bonds is 0. The predicted octanol–water partition coefficient (Wildman–Crippen LogP) is 1.25. The molecule has 0 aromatic rings. The van der Waals surface area contributed by atoms with Gasteiger partial charge >= 0.3 is 0 Å². The summed E-state index contributed by atoms with van der Waals surface area (Å²) in [5.41, 5.74) is 0. The molecule has 0 fully saturated rings. The molecule has 0 N–H and O–H groups in total. The van der Waals surface area contributed by atoms with Crippen molar-refractivity contribution in [2.24, 2.45) is 0 Å². The van der Waals surface area contributed by atoms with Gasteiger partial charge in [0.1, 0.15) is 0 Å². The topological polar surface area (TPSA) is 0 Å². The second-order valence-corrected chi connectivity index (χ2v) is 1.64. The summed E-state index contributed by atoms with van der Waals surface area (Å²) >= 11 is 1.86. The van der Waals surface area contributed by atoms with Gasteiger partial charge in [0.15, 0.2) is 0 Å². The Morgan fingerprint density at radius 3 is 2.00 bits per heavy atom. The molecular formula is C3H4S. The molecule has 22 valence electrons. The van der Waals surface area contributed by atoms with Gasteiger partial charge in [0.25, 0.3) is 0 Å². The van der Waals surface area contributed by atoms with Crippen LogP contribution in [-0.2, 0) is 0 Å². The maximum Gasteiger partial charge on any atom is 0.0162 e. The molecule has 0 aliphatic carbocycles. The van der Waals surface area contributed by atoms with Crippen LogP contribution in [0.4, 0.5) is 0 Å². The molecule has 1 heterocycles. The fourth-order valence-corrected chi connectivity index (χ4v) is 0.289. The molecule has 0 radical (unpaired) electrons. The van der Waals surface area contributed by atoms with Crippen molar-refractivity contribution in [1.82, 2.24) is 0 Å². The van der Waals surface area contributed by atoms with Gasteiger partial charge in [0, 0.05) is 5.75 Å². The molecule has 0 bridgehead atoms. The first-order valence-corrected chi connectivity index (χ1v) is 2.31. The Bertz CT molecular complexity index is 32.5. The third-order valence-corrected chi connectivity index (χ3v) is 1.15. The highest BCUT2D eigenvalue weighted by molar-refractivity contribution is 8.03. The first kappa shape index (κ1) is 2.33. The lowest BCUT2D eigenvalue weighted by Crippen LogP contribution is -1.71. The van der Waals surface area contributed by atoms with E-state index in [0.29, 0.717) is 0 Å². The molecule has 0 spiro atoms. The summed E-state index contributed by atoms with van der Waals surface area (Å²) in [6, 6.07) is 0. The van der Waals surface area contributed by atoms with Crippen LogP contribution in [0.3, 0.4) is 0 Å². The van der Waals surface area contributed by atoms with Crippen molar-refractivity contribution < 1.29 is 0 Å². The van der Waals surface area contributed by atoms with Gasteiger partial charge in [0.05, 0.1) is 0 Å². The van der Waals surface area contributed by atoms with Crippen LogP contribution in [0, 0.1) is 0 Å². The van der Waals surface area contributed by atoms with Gasteiger partial charge in [-0.05, 0) is 5.41 Å². The predicted molar refractivity (Wildman–Crippen MR) is 21.6 cm³/mol. The van der Waals surface area contributed by atoms with E-state index in [1.165, 1.54) is 5.75 Å². The smallest absolute Gasteiger partial charge is 0.0162 e. The van der Waals surface area contributed by atoms with Crippen molar-refractivity contribution >= 4 is 11.8 Å². The second kappa shape index (κ2) is 0.807. The van der Waals surface area contributed by atoms with Crippen molar-refractivity contribution in [3.63, 3.8) is 0 Å². The normalized spacial score (nSPS) is 20.0. The third kappa shape index (κ3) is 0.148. The molecule has 1 heteroatoms. The highest BCUT2D eigenvalue weighted by atomic mass is 32.2. The van der Waals surface area contributed by atoms with Crippen LogP contribution in [0.2, 0.25) is 0 Å². The summed E-state index contributed by atoms with van der Waals surface area (Å²) in [5.74, 6) is 1.24. The van der Waals surface area contributed by atoms with Crippen molar-refractivity contribution in [2.75, 3.05) is 5.75 Å². The van der Waals surface area contributed by atoms with E-state index in [4.69, 9.17) is 0 Å². The summed E-state index contributed by atoms with van der Waals surface area (Å²) in [5, 5.41) is 2.10. The minimum absolute atomic E-state index is 1.24. The van der Waals surface area contributed by atoms with Crippen molar-refractivity contribution in [3.8, 4) is 0 Å². The molecule has 0 aromatic carbocycles. The molecule has 0 saturated carbocycles. The fourth-order valence-electron chi connectivity index (χ4n) is 0.0962. The van der Waals surface area contributed by atoms with Crippen LogP contribution in [0.15, 0.2) is 11.5 Å². The van der Waals surface area contributed by atoms with E-state index in [0.717, 1.165) is 0 Å². The number of hydrogen-bond donors (Lipinski definition) is 0. The van der Waals surface area contributed by atoms with E-state index in [1.807, 2.05) is 11.8 Å². The summed E-state index contributed by atoms with van der Waals surface area (Å²) in [6.45, 7) is 0. The third-order valence-electron chi connectivity index (χ3n) is 0.385. The van der Waals surface area contributed by atoms with Crippen LogP contribution in [-0.4, -0.2) is 5.75 Å². The minimum Gasteiger partial charge on any atom is -0.130 e. The quantitative estimate of drug-likeness (QED) is 0.415. The van der Waals surface area contributed by atoms with Gasteiger partial charge in [-0.15, -0.1) is 11.8 Å². The highest BCUT2D eigenvalue weighted by Gasteiger charge is 1.81. The van der Waals surface area contributed by atoms with Gasteiger partial charge in [-0.1, -0.05) is 6.08 Å². The highest BCUT2D eigenvalue weighted by Crippen LogP contribution is 2.10. The van der Waals surface area contributed by atoms with E-state index in [9.17, 15) is 0 Å². The zero-order valence-corrected chi connectivity index (χ0v) is 3.09. The molecule has 0 unspecified atom stereocenters. The van der Waals surface area contributed by atoms with E-state index in [-0.39, 0.29) is 0 Å². The second-order valence-electron chi connectivity index (χ2n) is 0.705. The molecule has 0 aromatic heterocycles. The van der Waals surface area contributed by atoms with E-state index < -0.39 is 0 Å². The van der Waals surface area contributed by atoms with Gasteiger partial charge in [-0.2, -0.15) is 0 Å². The molecule has 4 heavy (non-hydrogen) atoms. The molecule has 0 nitrogen and oxygen atoms in total. The lowest BCUT2D eigenvalue weighted by atomic mass is 10.7. The van der Waals surface area contributed by atoms with Crippen LogP contribution >= 0.6 is 11.8 Å². The molecule has 1 rings (SSSR count). The Balaban J connectivity index is 2.47. The monoisotopic (exact) mass is 72.0 g/mol. The van der Waals surface area contributed by atoms with Crippen LogP contribution in [0.5, 0.6) is 0 Å². The lowest BCUT2D eigenvalue weighted by molar-refractivity contribution is 1.76. The van der Waals surface area contributed by atoms with Crippen molar-refractivity contribution in [1.29, 1.82) is 0 Å². The SMILES string of the molecule is C1=CSC1. The molecular weight excluding hydrogens is 68.1 g/mol. The summed E-state index contributed by atoms with van der Waals surface area (Å²) in [7, 11) is 0. The van der Waals surface area contributed by atoms with Crippen LogP contribution in [0.1, 0.15) is 0 Å². The molecule has 0 amide bonds. The van der Waals surface area contributed by atoms with Gasteiger partial charge in [0.2, 0.25) is 0 Å². The fraction of sp³-hybridized carbons (Fsp3) is 0.333. The first-order valence-electron chi connectivity index (χ1n) is 1.27. The Kier molecular flexibility index (Phi) is 0.471. The van der Waals surface area contributed by atoms with E-state index in [2.05, 4.69) is 11.5 Å². The van der Waals surface area contributed by atoms with Gasteiger partial charge in [-0.25, -0.2) is 0 Å². The average molecular weight is 72.1 g/mol. The average Bonchev–Trinajstić information content (AvgIpc) is 0.722. The summed E-state index contributed by atoms with van der Waals surface area (Å²) < 4.78 is 0. The lowest BCUT2D eigenvalue weighted by Gasteiger charge is -1.92. The van der Waals surface area contributed by atoms with Gasteiger partial charge in [-0.3, -0.25) is 0 Å². The Hall–Kier alpha value is 0.0900. The largest absolute Gasteiger partial charge is 0.130 e. The van der Waals surface area contributed by atoms with Crippen molar-refractivity contribution in [3.05, 3.63) is 11.5 Å². The van der Waals surface area contributed by atoms with Gasteiger partial charge < -0.3 is 0 Å². The summed E-state index contributed by atoms with van der Waals surface area (Å²) in [4.78, 5) is 0. The zero-order valence-electron chi connectivity index (χ0n) is 2.27. The van der Waals surface area contributed by atoms with E-state index in [1.54, 1.807) is 0 Å². The number of hydrogen-bond acceptors (Lipinski definition) is 1. The minimum atomic E-state index is 1.24. The van der Waals surface area contributed by atoms with E-state index >= 15 is 0 Å². The Morgan fingerprint density at radius 1 is 1.75 bits per heavy atom. The summed E-state index contributed by atoms with van der Waals surface area (Å²) in [6.07, 6.45) is 2.14. The molecule has 1 aliphatic rings. The molecule has 0 atom stereocenters. The molecule has 1 aliphatic heterocycles. The zero-order chi connectivity index (χ0) is 2.83.